The van der Waals surface area contributed by atoms with Gasteiger partial charge in [0.05, 0.1) is 4.90 Å². The average molecular weight is 312 g/mol. The summed E-state index contributed by atoms with van der Waals surface area (Å²) in [6.45, 7) is 2.64. The summed E-state index contributed by atoms with van der Waals surface area (Å²) in [5.74, 6) is -0.417. The first-order valence-corrected chi connectivity index (χ1v) is 9.01. The minimum absolute atomic E-state index is 0.179. The molecule has 1 heterocycles. The zero-order chi connectivity index (χ0) is 14.9. The molecule has 0 atom stereocenters. The topological polar surface area (TPSA) is 40.6 Å². The van der Waals surface area contributed by atoms with Gasteiger partial charge in [-0.3, -0.25) is 4.90 Å². The first-order valence-electron chi connectivity index (χ1n) is 7.57. The highest BCUT2D eigenvalue weighted by molar-refractivity contribution is 7.89. The minimum atomic E-state index is -3.49. The Morgan fingerprint density at radius 2 is 1.52 bits per heavy atom. The summed E-state index contributed by atoms with van der Waals surface area (Å²) in [7, 11) is -3.49. The highest BCUT2D eigenvalue weighted by atomic mass is 32.2. The zero-order valence-electron chi connectivity index (χ0n) is 12.0. The van der Waals surface area contributed by atoms with Crippen molar-refractivity contribution in [2.75, 3.05) is 26.2 Å². The van der Waals surface area contributed by atoms with Gasteiger partial charge in [-0.25, -0.2) is 12.8 Å². The van der Waals surface area contributed by atoms with Crippen molar-refractivity contribution in [1.82, 2.24) is 9.21 Å². The number of sulfonamides is 1. The SMILES string of the molecule is O=S(=O)(c1ccc(F)cc1)N1CCN(C2CCCC2)CC1. The summed E-state index contributed by atoms with van der Waals surface area (Å²) in [5, 5.41) is 0. The van der Waals surface area contributed by atoms with Crippen molar-refractivity contribution in [2.24, 2.45) is 0 Å². The lowest BCUT2D eigenvalue weighted by molar-refractivity contribution is 0.139. The van der Waals surface area contributed by atoms with Crippen LogP contribution in [0.3, 0.4) is 0 Å². The first-order chi connectivity index (χ1) is 10.1. The molecule has 1 saturated heterocycles. The van der Waals surface area contributed by atoms with Crippen molar-refractivity contribution in [3.05, 3.63) is 30.1 Å². The fraction of sp³-hybridized carbons (Fsp3) is 0.600. The minimum Gasteiger partial charge on any atom is -0.298 e. The molecule has 1 aliphatic heterocycles. The molecule has 6 heteroatoms. The monoisotopic (exact) mass is 312 g/mol. The van der Waals surface area contributed by atoms with Crippen LogP contribution in [0.15, 0.2) is 29.2 Å². The van der Waals surface area contributed by atoms with Crippen molar-refractivity contribution in [3.63, 3.8) is 0 Å². The summed E-state index contributed by atoms with van der Waals surface area (Å²) < 4.78 is 39.5. The molecule has 0 spiro atoms. The summed E-state index contributed by atoms with van der Waals surface area (Å²) in [4.78, 5) is 2.60. The molecule has 1 aromatic rings. The van der Waals surface area contributed by atoms with Crippen LogP contribution in [-0.4, -0.2) is 49.8 Å². The van der Waals surface area contributed by atoms with Gasteiger partial charge in [-0.1, -0.05) is 12.8 Å². The van der Waals surface area contributed by atoms with Crippen LogP contribution >= 0.6 is 0 Å². The van der Waals surface area contributed by atoms with Gasteiger partial charge >= 0.3 is 0 Å². The van der Waals surface area contributed by atoms with Crippen LogP contribution in [0.5, 0.6) is 0 Å². The Morgan fingerprint density at radius 1 is 0.952 bits per heavy atom. The Bertz CT molecular complexity index is 574. The maximum atomic E-state index is 12.9. The zero-order valence-corrected chi connectivity index (χ0v) is 12.9. The average Bonchev–Trinajstić information content (AvgIpc) is 3.02. The molecule has 2 fully saturated rings. The number of hydrogen-bond acceptors (Lipinski definition) is 3. The molecule has 1 aromatic carbocycles. The molecule has 1 saturated carbocycles. The van der Waals surface area contributed by atoms with E-state index < -0.39 is 15.8 Å². The Hall–Kier alpha value is -0.980. The molecule has 21 heavy (non-hydrogen) atoms. The first kappa shape index (κ1) is 14.9. The van der Waals surface area contributed by atoms with E-state index in [1.807, 2.05) is 0 Å². The van der Waals surface area contributed by atoms with E-state index in [4.69, 9.17) is 0 Å². The fourth-order valence-electron chi connectivity index (χ4n) is 3.33. The number of nitrogens with zero attached hydrogens (tertiary/aromatic N) is 2. The van der Waals surface area contributed by atoms with Gasteiger partial charge in [0.15, 0.2) is 0 Å². The number of rotatable bonds is 3. The smallest absolute Gasteiger partial charge is 0.243 e. The van der Waals surface area contributed by atoms with E-state index in [2.05, 4.69) is 4.90 Å². The van der Waals surface area contributed by atoms with Gasteiger partial charge in [-0.2, -0.15) is 4.31 Å². The highest BCUT2D eigenvalue weighted by Gasteiger charge is 2.31. The van der Waals surface area contributed by atoms with Crippen LogP contribution in [0.25, 0.3) is 0 Å². The van der Waals surface area contributed by atoms with Gasteiger partial charge in [0, 0.05) is 32.2 Å². The number of benzene rings is 1. The Balaban J connectivity index is 1.66. The standard InChI is InChI=1S/C15H21FN2O2S/c16-13-5-7-15(8-6-13)21(19,20)18-11-9-17(10-12-18)14-3-1-2-4-14/h5-8,14H,1-4,9-12H2. The van der Waals surface area contributed by atoms with Crippen molar-refractivity contribution in [3.8, 4) is 0 Å². The van der Waals surface area contributed by atoms with E-state index in [-0.39, 0.29) is 4.90 Å². The summed E-state index contributed by atoms with van der Waals surface area (Å²) in [5.41, 5.74) is 0. The predicted octanol–water partition coefficient (Wildman–Crippen LogP) is 2.07. The largest absolute Gasteiger partial charge is 0.298 e. The molecule has 0 amide bonds. The molecular weight excluding hydrogens is 291 g/mol. The summed E-state index contributed by atoms with van der Waals surface area (Å²) >= 11 is 0. The second-order valence-electron chi connectivity index (χ2n) is 5.83. The van der Waals surface area contributed by atoms with Gasteiger partial charge < -0.3 is 0 Å². The van der Waals surface area contributed by atoms with Crippen LogP contribution in [0, 0.1) is 5.82 Å². The van der Waals surface area contributed by atoms with Crippen molar-refractivity contribution < 1.29 is 12.8 Å². The maximum absolute atomic E-state index is 12.9. The van der Waals surface area contributed by atoms with Gasteiger partial charge in [-0.15, -0.1) is 0 Å². The second-order valence-corrected chi connectivity index (χ2v) is 7.77. The molecule has 0 radical (unpaired) electrons. The quantitative estimate of drug-likeness (QED) is 0.858. The molecule has 0 N–H and O–H groups in total. The lowest BCUT2D eigenvalue weighted by Crippen LogP contribution is -2.51. The Labute approximate surface area is 125 Å². The molecule has 0 aromatic heterocycles. The predicted molar refractivity (Wildman–Crippen MR) is 79.0 cm³/mol. The van der Waals surface area contributed by atoms with Crippen LogP contribution in [0.2, 0.25) is 0 Å². The third-order valence-electron chi connectivity index (χ3n) is 4.57. The number of piperazine rings is 1. The summed E-state index contributed by atoms with van der Waals surface area (Å²) in [6, 6.07) is 5.71. The molecule has 1 aliphatic carbocycles. The lowest BCUT2D eigenvalue weighted by Gasteiger charge is -2.37. The second kappa shape index (κ2) is 6.02. The van der Waals surface area contributed by atoms with E-state index in [0.717, 1.165) is 13.1 Å². The van der Waals surface area contributed by atoms with E-state index in [1.165, 1.54) is 54.3 Å². The van der Waals surface area contributed by atoms with Gasteiger partial charge in [0.2, 0.25) is 10.0 Å². The number of hydrogen-bond donors (Lipinski definition) is 0. The van der Waals surface area contributed by atoms with Crippen LogP contribution in [0.4, 0.5) is 4.39 Å². The van der Waals surface area contributed by atoms with Gasteiger partial charge in [0.25, 0.3) is 0 Å². The molecule has 0 unspecified atom stereocenters. The van der Waals surface area contributed by atoms with Crippen molar-refractivity contribution >= 4 is 10.0 Å². The lowest BCUT2D eigenvalue weighted by atomic mass is 10.2. The number of halogens is 1. The third kappa shape index (κ3) is 3.12. The highest BCUT2D eigenvalue weighted by Crippen LogP contribution is 2.25. The van der Waals surface area contributed by atoms with E-state index in [0.29, 0.717) is 19.1 Å². The van der Waals surface area contributed by atoms with Crippen molar-refractivity contribution in [2.45, 2.75) is 36.6 Å². The Kier molecular flexibility index (Phi) is 4.28. The van der Waals surface area contributed by atoms with Crippen LogP contribution in [0.1, 0.15) is 25.7 Å². The maximum Gasteiger partial charge on any atom is 0.243 e. The van der Waals surface area contributed by atoms with E-state index >= 15 is 0 Å². The molecule has 116 valence electrons. The van der Waals surface area contributed by atoms with E-state index in [1.54, 1.807) is 0 Å². The van der Waals surface area contributed by atoms with Crippen LogP contribution < -0.4 is 0 Å². The fourth-order valence-corrected chi connectivity index (χ4v) is 4.76. The van der Waals surface area contributed by atoms with Gasteiger partial charge in [0.1, 0.15) is 5.82 Å². The molecule has 4 nitrogen and oxygen atoms in total. The van der Waals surface area contributed by atoms with Gasteiger partial charge in [-0.05, 0) is 37.1 Å². The Morgan fingerprint density at radius 3 is 2.10 bits per heavy atom. The normalized spacial score (nSPS) is 22.7. The van der Waals surface area contributed by atoms with Crippen molar-refractivity contribution in [1.29, 1.82) is 0 Å². The third-order valence-corrected chi connectivity index (χ3v) is 6.48. The molecular formula is C15H21FN2O2S. The molecule has 2 aliphatic rings. The summed E-state index contributed by atoms with van der Waals surface area (Å²) in [6.07, 6.45) is 5.06. The van der Waals surface area contributed by atoms with E-state index in [9.17, 15) is 12.8 Å². The molecule has 3 rings (SSSR count). The van der Waals surface area contributed by atoms with Crippen LogP contribution in [-0.2, 0) is 10.0 Å². The molecule has 0 bridgehead atoms.